The summed E-state index contributed by atoms with van der Waals surface area (Å²) in [4.78, 5) is 15.5. The summed E-state index contributed by atoms with van der Waals surface area (Å²) < 4.78 is 8.96. The fraction of sp³-hybridized carbons (Fsp3) is 0.157. The lowest BCUT2D eigenvalue weighted by Crippen LogP contribution is -2.33. The van der Waals surface area contributed by atoms with Gasteiger partial charge in [0.1, 0.15) is 11.2 Å². The topological polar surface area (TPSA) is 56.7 Å². The van der Waals surface area contributed by atoms with E-state index >= 15 is 0 Å². The maximum Gasteiger partial charge on any atom is 0.167 e. The Morgan fingerprint density at radius 1 is 0.464 bits per heavy atom. The first-order chi connectivity index (χ1) is 27.2. The molecule has 10 aromatic rings. The first-order valence-corrected chi connectivity index (χ1v) is 19.6. The van der Waals surface area contributed by atoms with Crippen LogP contribution in [0.25, 0.3) is 94.4 Å². The smallest absolute Gasteiger partial charge is 0.167 e. The van der Waals surface area contributed by atoms with Gasteiger partial charge in [-0.3, -0.25) is 0 Å². The van der Waals surface area contributed by atoms with Crippen molar-refractivity contribution in [3.8, 4) is 39.9 Å². The number of hydrogen-bond acceptors (Lipinski definition) is 4. The Morgan fingerprint density at radius 2 is 1.07 bits per heavy atom. The van der Waals surface area contributed by atoms with Crippen LogP contribution in [0.3, 0.4) is 0 Å². The van der Waals surface area contributed by atoms with E-state index in [-0.39, 0.29) is 10.8 Å². The lowest BCUT2D eigenvalue weighted by Gasteiger charge is -2.42. The minimum absolute atomic E-state index is 0.0891. The van der Waals surface area contributed by atoms with Gasteiger partial charge in [-0.25, -0.2) is 15.0 Å². The molecule has 11 rings (SSSR count). The van der Waals surface area contributed by atoms with E-state index in [1.807, 2.05) is 42.5 Å². The summed E-state index contributed by atoms with van der Waals surface area (Å²) in [5, 5.41) is 6.89. The third kappa shape index (κ3) is 4.90. The molecule has 5 heteroatoms. The molecule has 0 unspecified atom stereocenters. The van der Waals surface area contributed by atoms with Crippen LogP contribution in [0, 0.1) is 0 Å². The van der Waals surface area contributed by atoms with Gasteiger partial charge >= 0.3 is 0 Å². The molecule has 0 amide bonds. The van der Waals surface area contributed by atoms with E-state index in [1.165, 1.54) is 45.8 Å². The molecule has 1 aliphatic rings. The third-order valence-corrected chi connectivity index (χ3v) is 12.3. The summed E-state index contributed by atoms with van der Waals surface area (Å²) >= 11 is 0. The molecule has 0 spiro atoms. The zero-order valence-electron chi connectivity index (χ0n) is 32.0. The van der Waals surface area contributed by atoms with Gasteiger partial charge in [-0.2, -0.15) is 0 Å². The van der Waals surface area contributed by atoms with E-state index < -0.39 is 0 Å². The van der Waals surface area contributed by atoms with E-state index in [0.717, 1.165) is 55.1 Å². The maximum atomic E-state index is 6.48. The lowest BCUT2D eigenvalue weighted by molar-refractivity contribution is 0.332. The molecular formula is C51H40N4O. The molecule has 0 radical (unpaired) electrons. The number of benzene rings is 7. The summed E-state index contributed by atoms with van der Waals surface area (Å²) in [6, 6.07) is 51.5. The van der Waals surface area contributed by atoms with Crippen molar-refractivity contribution in [2.45, 2.75) is 51.4 Å². The van der Waals surface area contributed by atoms with Crippen LogP contribution < -0.4 is 0 Å². The van der Waals surface area contributed by atoms with Crippen LogP contribution in [0.1, 0.15) is 51.7 Å². The Bertz CT molecular complexity index is 3200. The number of aromatic nitrogens is 4. The quantitative estimate of drug-likeness (QED) is 0.181. The molecule has 3 aromatic heterocycles. The average molecular weight is 725 g/mol. The van der Waals surface area contributed by atoms with E-state index in [2.05, 4.69) is 135 Å². The summed E-state index contributed by atoms with van der Waals surface area (Å²) in [5.74, 6) is 1.80. The molecule has 0 atom stereocenters. The normalized spacial score (nSPS) is 14.9. The highest BCUT2D eigenvalue weighted by Crippen LogP contribution is 2.49. The molecule has 56 heavy (non-hydrogen) atoms. The Labute approximate surface area is 325 Å². The number of hydrogen-bond donors (Lipinski definition) is 0. The summed E-state index contributed by atoms with van der Waals surface area (Å²) in [5.41, 5.74) is 11.0. The van der Waals surface area contributed by atoms with Crippen molar-refractivity contribution in [2.75, 3.05) is 0 Å². The van der Waals surface area contributed by atoms with Crippen LogP contribution in [-0.4, -0.2) is 19.5 Å². The minimum atomic E-state index is 0.0891. The first-order valence-electron chi connectivity index (χ1n) is 19.6. The van der Waals surface area contributed by atoms with E-state index in [0.29, 0.717) is 17.5 Å². The van der Waals surface area contributed by atoms with Gasteiger partial charge in [-0.15, -0.1) is 0 Å². The standard InChI is InChI=1S/C51H40N4O/c1-50(2)27-28-51(3,4)41-30-44-39(29-40(41)50)34-19-10-12-23-42(34)55(44)43-26-25-37(32-17-8-9-18-33(32)43)48-52-47(31-15-6-5-7-16-31)53-49(54-48)38-22-14-21-36-35-20-11-13-24-45(35)56-46(36)38/h5-26,29-30H,27-28H2,1-4H3. The van der Waals surface area contributed by atoms with Gasteiger partial charge in [0, 0.05) is 38.1 Å². The molecule has 0 saturated carbocycles. The Balaban J connectivity index is 1.16. The zero-order chi connectivity index (χ0) is 37.8. The number of rotatable bonds is 4. The predicted molar refractivity (Wildman–Crippen MR) is 231 cm³/mol. The number of fused-ring (bicyclic) bond motifs is 8. The van der Waals surface area contributed by atoms with Gasteiger partial charge in [0.15, 0.2) is 17.5 Å². The van der Waals surface area contributed by atoms with Gasteiger partial charge < -0.3 is 8.98 Å². The highest BCUT2D eigenvalue weighted by Gasteiger charge is 2.38. The molecular weight excluding hydrogens is 685 g/mol. The summed E-state index contributed by atoms with van der Waals surface area (Å²) in [6.07, 6.45) is 2.35. The molecule has 0 aliphatic heterocycles. The van der Waals surface area contributed by atoms with Crippen molar-refractivity contribution >= 4 is 54.5 Å². The van der Waals surface area contributed by atoms with Crippen molar-refractivity contribution in [1.29, 1.82) is 0 Å². The van der Waals surface area contributed by atoms with Gasteiger partial charge in [0.05, 0.1) is 22.3 Å². The van der Waals surface area contributed by atoms with Crippen molar-refractivity contribution in [2.24, 2.45) is 0 Å². The zero-order valence-corrected chi connectivity index (χ0v) is 32.0. The highest BCUT2D eigenvalue weighted by atomic mass is 16.3. The molecule has 3 heterocycles. The molecule has 270 valence electrons. The maximum absolute atomic E-state index is 6.48. The Morgan fingerprint density at radius 3 is 1.86 bits per heavy atom. The molecule has 0 fully saturated rings. The molecule has 5 nitrogen and oxygen atoms in total. The van der Waals surface area contributed by atoms with Crippen LogP contribution in [0.5, 0.6) is 0 Å². The molecule has 0 N–H and O–H groups in total. The van der Waals surface area contributed by atoms with Crippen molar-refractivity contribution in [3.63, 3.8) is 0 Å². The van der Waals surface area contributed by atoms with Gasteiger partial charge in [-0.1, -0.05) is 131 Å². The molecule has 0 saturated heterocycles. The van der Waals surface area contributed by atoms with Crippen LogP contribution in [-0.2, 0) is 10.8 Å². The minimum Gasteiger partial charge on any atom is -0.455 e. The number of nitrogens with zero attached hydrogens (tertiary/aromatic N) is 4. The second-order valence-electron chi connectivity index (χ2n) is 16.7. The second-order valence-corrected chi connectivity index (χ2v) is 16.7. The fourth-order valence-corrected chi connectivity index (χ4v) is 9.22. The largest absolute Gasteiger partial charge is 0.455 e. The number of para-hydroxylation sites is 3. The van der Waals surface area contributed by atoms with Gasteiger partial charge in [0.2, 0.25) is 0 Å². The highest BCUT2D eigenvalue weighted by molar-refractivity contribution is 6.12. The van der Waals surface area contributed by atoms with E-state index in [9.17, 15) is 0 Å². The van der Waals surface area contributed by atoms with E-state index in [4.69, 9.17) is 19.4 Å². The van der Waals surface area contributed by atoms with Crippen LogP contribution in [0.15, 0.2) is 150 Å². The molecule has 7 aromatic carbocycles. The SMILES string of the molecule is CC1(C)CCC(C)(C)c2cc3c(cc21)c1ccccc1n3-c1ccc(-c2nc(-c3ccccc3)nc(-c3cccc4c3oc3ccccc34)n2)c2ccccc12. The lowest BCUT2D eigenvalue weighted by atomic mass is 9.63. The van der Waals surface area contributed by atoms with Crippen molar-refractivity contribution in [3.05, 3.63) is 157 Å². The predicted octanol–water partition coefficient (Wildman–Crippen LogP) is 13.4. The summed E-state index contributed by atoms with van der Waals surface area (Å²) in [7, 11) is 0. The fourth-order valence-electron chi connectivity index (χ4n) is 9.22. The van der Waals surface area contributed by atoms with Gasteiger partial charge in [-0.05, 0) is 82.6 Å². The third-order valence-electron chi connectivity index (χ3n) is 12.3. The van der Waals surface area contributed by atoms with Crippen molar-refractivity contribution < 1.29 is 4.42 Å². The van der Waals surface area contributed by atoms with E-state index in [1.54, 1.807) is 0 Å². The second kappa shape index (κ2) is 12.0. The van der Waals surface area contributed by atoms with Crippen LogP contribution in [0.4, 0.5) is 0 Å². The summed E-state index contributed by atoms with van der Waals surface area (Å²) in [6.45, 7) is 9.63. The Kier molecular flexibility index (Phi) is 7.00. The van der Waals surface area contributed by atoms with Crippen molar-refractivity contribution in [1.82, 2.24) is 19.5 Å². The van der Waals surface area contributed by atoms with Gasteiger partial charge in [0.25, 0.3) is 0 Å². The van der Waals surface area contributed by atoms with Crippen LogP contribution in [0.2, 0.25) is 0 Å². The molecule has 0 bridgehead atoms. The Hall–Kier alpha value is -6.59. The molecule has 1 aliphatic carbocycles. The first kappa shape index (κ1) is 32.8. The average Bonchev–Trinajstić information content (AvgIpc) is 3.77. The number of furan rings is 1. The van der Waals surface area contributed by atoms with Crippen LogP contribution >= 0.6 is 0 Å². The monoisotopic (exact) mass is 724 g/mol.